The van der Waals surface area contributed by atoms with E-state index < -0.39 is 0 Å². The third kappa shape index (κ3) is 14.1. The van der Waals surface area contributed by atoms with Crippen LogP contribution in [0.3, 0.4) is 0 Å². The Balaban J connectivity index is 0.00000760. The van der Waals surface area contributed by atoms with Crippen molar-refractivity contribution in [2.24, 2.45) is 5.92 Å². The number of quaternary nitrogens is 1. The van der Waals surface area contributed by atoms with Crippen LogP contribution in [0.4, 0.5) is 0 Å². The average molecular weight is 678 g/mol. The first-order chi connectivity index (χ1) is 18.4. The molecule has 1 aliphatic rings. The van der Waals surface area contributed by atoms with E-state index in [2.05, 4.69) is 49.6 Å². The number of likely N-dealkylation sites (N-methyl/N-ethyl adjacent to an activating group) is 1. The van der Waals surface area contributed by atoms with Gasteiger partial charge in [0.2, 0.25) is 6.23 Å². The highest BCUT2D eigenvalue weighted by Gasteiger charge is 2.39. The molecule has 1 aromatic rings. The van der Waals surface area contributed by atoms with Gasteiger partial charge in [0.15, 0.2) is 0 Å². The largest absolute Gasteiger partial charge is 1.00 e. The fourth-order valence-corrected chi connectivity index (χ4v) is 5.84. The number of nitrogens with zero attached hydrogens (tertiary/aromatic N) is 3. The molecule has 0 saturated carbocycles. The predicted octanol–water partition coefficient (Wildman–Crippen LogP) is 5.57. The van der Waals surface area contributed by atoms with Crippen molar-refractivity contribution in [2.45, 2.75) is 137 Å². The summed E-state index contributed by atoms with van der Waals surface area (Å²) in [5, 5.41) is 0. The number of aromatic nitrogens is 2. The number of esters is 1. The fraction of sp³-hybridized carbons (Fsp3) is 0.839. The van der Waals surface area contributed by atoms with Gasteiger partial charge >= 0.3 is 5.97 Å². The van der Waals surface area contributed by atoms with Crippen molar-refractivity contribution < 1.29 is 42.7 Å². The normalized spacial score (nSPS) is 17.9. The van der Waals surface area contributed by atoms with Gasteiger partial charge in [-0.2, -0.15) is 4.37 Å². The Kier molecular flexibility index (Phi) is 19.6. The van der Waals surface area contributed by atoms with E-state index in [1.165, 1.54) is 87.9 Å². The lowest BCUT2D eigenvalue weighted by Crippen LogP contribution is -3.00. The molecular formula is C31H56IN3O3S. The van der Waals surface area contributed by atoms with E-state index in [1.807, 2.05) is 0 Å². The molecule has 8 heteroatoms. The van der Waals surface area contributed by atoms with Crippen molar-refractivity contribution in [2.75, 3.05) is 26.7 Å². The van der Waals surface area contributed by atoms with Crippen LogP contribution in [0, 0.1) is 5.92 Å². The molecule has 2 heterocycles. The third-order valence-electron chi connectivity index (χ3n) is 7.65. The second kappa shape index (κ2) is 21.0. The zero-order valence-electron chi connectivity index (χ0n) is 25.5. The van der Waals surface area contributed by atoms with Crippen LogP contribution in [0.25, 0.3) is 5.57 Å². The summed E-state index contributed by atoms with van der Waals surface area (Å²) in [6, 6.07) is 0. The highest BCUT2D eigenvalue weighted by Crippen LogP contribution is 2.33. The Morgan fingerprint density at radius 2 is 1.56 bits per heavy atom. The Hall–Kier alpha value is -0.740. The maximum atomic E-state index is 12.8. The molecule has 2 rings (SSSR count). The van der Waals surface area contributed by atoms with Gasteiger partial charge in [0.1, 0.15) is 12.2 Å². The fourth-order valence-electron chi connectivity index (χ4n) is 5.31. The molecule has 2 atom stereocenters. The van der Waals surface area contributed by atoms with E-state index >= 15 is 0 Å². The number of hydrogen-bond donors (Lipinski definition) is 0. The lowest BCUT2D eigenvalue weighted by Gasteiger charge is -2.43. The topological polar surface area (TPSA) is 61.3 Å². The zero-order chi connectivity index (χ0) is 27.6. The number of halogens is 1. The maximum Gasteiger partial charge on any atom is 0.310 e. The molecule has 2 unspecified atom stereocenters. The summed E-state index contributed by atoms with van der Waals surface area (Å²) in [5.74, 6) is 0.900. The van der Waals surface area contributed by atoms with Crippen molar-refractivity contribution >= 4 is 23.3 Å². The Bertz CT molecular complexity index is 817. The predicted molar refractivity (Wildman–Crippen MR) is 159 cm³/mol. The minimum atomic E-state index is -0.125. The zero-order valence-corrected chi connectivity index (χ0v) is 28.5. The van der Waals surface area contributed by atoms with Gasteiger partial charge in [0.05, 0.1) is 31.9 Å². The summed E-state index contributed by atoms with van der Waals surface area (Å²) >= 11 is 1.22. The number of rotatable bonds is 21. The molecule has 0 bridgehead atoms. The summed E-state index contributed by atoms with van der Waals surface area (Å²) in [5.41, 5.74) is 2.05. The average Bonchev–Trinajstić information content (AvgIpc) is 3.35. The number of carbonyl (C=O) groups excluding carboxylic acids is 1. The quantitative estimate of drug-likeness (QED) is 0.0738. The minimum Gasteiger partial charge on any atom is -1.00 e. The van der Waals surface area contributed by atoms with Crippen LogP contribution >= 0.6 is 11.7 Å². The van der Waals surface area contributed by atoms with Crippen molar-refractivity contribution in [3.8, 4) is 5.88 Å². The van der Waals surface area contributed by atoms with Crippen LogP contribution in [0.1, 0.15) is 136 Å². The second-order valence-corrected chi connectivity index (χ2v) is 12.4. The van der Waals surface area contributed by atoms with Crippen LogP contribution in [-0.4, -0.2) is 52.2 Å². The van der Waals surface area contributed by atoms with E-state index in [1.54, 1.807) is 0 Å². The molecular weight excluding hydrogens is 621 g/mol. The molecule has 0 aliphatic carbocycles. The van der Waals surface area contributed by atoms with E-state index in [0.717, 1.165) is 44.5 Å². The van der Waals surface area contributed by atoms with E-state index in [4.69, 9.17) is 9.47 Å². The first-order valence-corrected chi connectivity index (χ1v) is 16.3. The van der Waals surface area contributed by atoms with Gasteiger partial charge in [-0.1, -0.05) is 104 Å². The number of hydrogen-bond acceptors (Lipinski definition) is 6. The summed E-state index contributed by atoms with van der Waals surface area (Å²) in [4.78, 5) is 12.8. The molecule has 0 aromatic carbocycles. The van der Waals surface area contributed by atoms with Gasteiger partial charge in [-0.25, -0.2) is 0 Å². The Labute approximate surface area is 260 Å². The molecule has 0 radical (unpaired) electrons. The third-order valence-corrected chi connectivity index (χ3v) is 8.17. The lowest BCUT2D eigenvalue weighted by molar-refractivity contribution is -0.947. The van der Waals surface area contributed by atoms with Gasteiger partial charge < -0.3 is 33.5 Å². The van der Waals surface area contributed by atoms with Crippen molar-refractivity contribution in [1.82, 2.24) is 8.75 Å². The number of unbranched alkanes of at least 4 members (excludes halogenated alkanes) is 11. The molecule has 0 saturated heterocycles. The maximum absolute atomic E-state index is 12.8. The van der Waals surface area contributed by atoms with Crippen LogP contribution < -0.4 is 28.7 Å². The van der Waals surface area contributed by atoms with E-state index in [9.17, 15) is 4.79 Å². The second-order valence-electron chi connectivity index (χ2n) is 11.9. The van der Waals surface area contributed by atoms with Gasteiger partial charge in [0.25, 0.3) is 5.88 Å². The summed E-state index contributed by atoms with van der Waals surface area (Å²) < 4.78 is 22.1. The van der Waals surface area contributed by atoms with Crippen molar-refractivity contribution in [3.63, 3.8) is 0 Å². The SMILES string of the molecule is CCCCCCCCCCCC(OC(=O)CC(C)C)[N+]1(C)CCC=C(c2nsnc2OCCCCCC)C1.[I-]. The summed E-state index contributed by atoms with van der Waals surface area (Å²) in [6.45, 7) is 11.1. The molecule has 0 spiro atoms. The number of carbonyl (C=O) groups is 1. The molecule has 0 N–H and O–H groups in total. The smallest absolute Gasteiger partial charge is 0.310 e. The van der Waals surface area contributed by atoms with Gasteiger partial charge in [-0.3, -0.25) is 9.28 Å². The van der Waals surface area contributed by atoms with Gasteiger partial charge in [-0.15, -0.1) is 4.37 Å². The highest BCUT2D eigenvalue weighted by molar-refractivity contribution is 6.99. The molecule has 1 aromatic heterocycles. The van der Waals surface area contributed by atoms with Crippen molar-refractivity contribution in [3.05, 3.63) is 11.8 Å². The Morgan fingerprint density at radius 1 is 0.949 bits per heavy atom. The molecule has 0 fully saturated rings. The van der Waals surface area contributed by atoms with Crippen LogP contribution in [-0.2, 0) is 9.53 Å². The van der Waals surface area contributed by atoms with Crippen LogP contribution in [0.15, 0.2) is 6.08 Å². The monoisotopic (exact) mass is 677 g/mol. The minimum absolute atomic E-state index is 0. The number of ether oxygens (including phenoxy) is 2. The Morgan fingerprint density at radius 3 is 2.21 bits per heavy atom. The molecule has 226 valence electrons. The molecule has 6 nitrogen and oxygen atoms in total. The highest BCUT2D eigenvalue weighted by atomic mass is 127. The van der Waals surface area contributed by atoms with Crippen LogP contribution in [0.2, 0.25) is 0 Å². The van der Waals surface area contributed by atoms with E-state index in [-0.39, 0.29) is 36.2 Å². The molecule has 39 heavy (non-hydrogen) atoms. The molecule has 1 aliphatic heterocycles. The molecule has 0 amide bonds. The first kappa shape index (κ1) is 36.3. The van der Waals surface area contributed by atoms with Gasteiger partial charge in [0, 0.05) is 24.8 Å². The van der Waals surface area contributed by atoms with Crippen molar-refractivity contribution in [1.29, 1.82) is 0 Å². The first-order valence-electron chi connectivity index (χ1n) is 15.6. The van der Waals surface area contributed by atoms with E-state index in [0.29, 0.717) is 29.3 Å². The standard InChI is InChI=1S/C31H56N3O3S.HI/c1-6-8-10-12-13-14-15-16-17-21-28(37-29(35)24-26(3)4)34(5)22-19-20-27(25-34)30-31(33-38-32-30)36-23-18-11-9-7-2;/h20,26,28H,6-19,21-25H2,1-5H3;1H/q+1;/p-1. The summed E-state index contributed by atoms with van der Waals surface area (Å²) in [6.07, 6.45) is 20.8. The summed E-state index contributed by atoms with van der Waals surface area (Å²) in [7, 11) is 2.25. The van der Waals surface area contributed by atoms with Gasteiger partial charge in [-0.05, 0) is 18.8 Å². The lowest BCUT2D eigenvalue weighted by atomic mass is 10.0. The van der Waals surface area contributed by atoms with Crippen LogP contribution in [0.5, 0.6) is 5.88 Å².